The molecule has 8 nitrogen and oxygen atoms in total. The summed E-state index contributed by atoms with van der Waals surface area (Å²) < 4.78 is 12.0. The minimum Gasteiger partial charge on any atom is -0.383 e. The van der Waals surface area contributed by atoms with Gasteiger partial charge in [0.25, 0.3) is 0 Å². The molecule has 2 amide bonds. The Bertz CT molecular complexity index is 675. The van der Waals surface area contributed by atoms with E-state index in [1.807, 2.05) is 27.7 Å². The highest BCUT2D eigenvalue weighted by Crippen LogP contribution is 2.21. The Labute approximate surface area is 135 Å². The summed E-state index contributed by atoms with van der Waals surface area (Å²) in [5, 5.41) is 13.7. The van der Waals surface area contributed by atoms with Crippen LogP contribution < -0.4 is 10.6 Å². The highest BCUT2D eigenvalue weighted by atomic mass is 16.5. The summed E-state index contributed by atoms with van der Waals surface area (Å²) in [5.41, 5.74) is 2.31. The van der Waals surface area contributed by atoms with Crippen molar-refractivity contribution in [1.29, 1.82) is 0 Å². The van der Waals surface area contributed by atoms with Gasteiger partial charge in [-0.25, -0.2) is 4.79 Å². The Morgan fingerprint density at radius 1 is 1.39 bits per heavy atom. The average molecular weight is 321 g/mol. The fraction of sp³-hybridized carbons (Fsp3) is 0.533. The van der Waals surface area contributed by atoms with E-state index < -0.39 is 0 Å². The second-order valence-electron chi connectivity index (χ2n) is 5.61. The Balaban J connectivity index is 2.03. The molecule has 2 rings (SSSR count). The van der Waals surface area contributed by atoms with Crippen molar-refractivity contribution in [3.63, 3.8) is 0 Å². The van der Waals surface area contributed by atoms with Gasteiger partial charge in [0, 0.05) is 19.1 Å². The summed E-state index contributed by atoms with van der Waals surface area (Å²) in [6.45, 7) is 8.92. The van der Waals surface area contributed by atoms with Crippen LogP contribution in [0.15, 0.2) is 10.6 Å². The first kappa shape index (κ1) is 17.0. The molecular formula is C15H23N5O3. The molecule has 0 saturated heterocycles. The number of nitrogens with zero attached hydrogens (tertiary/aromatic N) is 3. The highest BCUT2D eigenvalue weighted by Gasteiger charge is 2.15. The van der Waals surface area contributed by atoms with E-state index in [2.05, 4.69) is 20.9 Å². The molecule has 2 heterocycles. The molecule has 0 spiro atoms. The van der Waals surface area contributed by atoms with E-state index in [4.69, 9.17) is 9.26 Å². The lowest BCUT2D eigenvalue weighted by molar-refractivity contribution is 0.182. The maximum absolute atomic E-state index is 12.1. The number of rotatable bonds is 6. The van der Waals surface area contributed by atoms with Crippen LogP contribution in [0, 0.1) is 13.8 Å². The average Bonchev–Trinajstić information content (AvgIpc) is 3.05. The summed E-state index contributed by atoms with van der Waals surface area (Å²) in [6, 6.07) is 1.33. The van der Waals surface area contributed by atoms with Crippen molar-refractivity contribution in [2.75, 3.05) is 24.4 Å². The number of hydrogen-bond donors (Lipinski definition) is 2. The molecule has 2 aromatic rings. The zero-order valence-corrected chi connectivity index (χ0v) is 14.1. The molecule has 0 unspecified atom stereocenters. The predicted octanol–water partition coefficient (Wildman–Crippen LogP) is 2.90. The zero-order valence-electron chi connectivity index (χ0n) is 14.1. The first-order valence-corrected chi connectivity index (χ1v) is 7.50. The lowest BCUT2D eigenvalue weighted by Crippen LogP contribution is -2.20. The van der Waals surface area contributed by atoms with Crippen LogP contribution in [0.25, 0.3) is 0 Å². The van der Waals surface area contributed by atoms with Gasteiger partial charge in [-0.05, 0) is 13.8 Å². The van der Waals surface area contributed by atoms with Crippen LogP contribution in [-0.4, -0.2) is 34.7 Å². The summed E-state index contributed by atoms with van der Waals surface area (Å²) in [4.78, 5) is 12.1. The lowest BCUT2D eigenvalue weighted by Gasteiger charge is -2.06. The number of carbonyl (C=O) groups excluding carboxylic acids is 1. The van der Waals surface area contributed by atoms with E-state index in [0.29, 0.717) is 24.7 Å². The topological polar surface area (TPSA) is 94.2 Å². The molecule has 0 saturated carbocycles. The van der Waals surface area contributed by atoms with Gasteiger partial charge >= 0.3 is 6.03 Å². The van der Waals surface area contributed by atoms with E-state index in [-0.39, 0.29) is 11.9 Å². The fourth-order valence-corrected chi connectivity index (χ4v) is 2.15. The van der Waals surface area contributed by atoms with Crippen LogP contribution in [0.1, 0.15) is 36.9 Å². The lowest BCUT2D eigenvalue weighted by atomic mass is 10.2. The molecule has 0 bridgehead atoms. The minimum atomic E-state index is -0.383. The van der Waals surface area contributed by atoms with Gasteiger partial charge in [0.15, 0.2) is 5.82 Å². The summed E-state index contributed by atoms with van der Waals surface area (Å²) in [6.07, 6.45) is 0. The van der Waals surface area contributed by atoms with Crippen LogP contribution >= 0.6 is 0 Å². The Morgan fingerprint density at radius 3 is 2.74 bits per heavy atom. The predicted molar refractivity (Wildman–Crippen MR) is 86.8 cm³/mol. The van der Waals surface area contributed by atoms with E-state index in [9.17, 15) is 4.79 Å². The number of anilines is 2. The van der Waals surface area contributed by atoms with Gasteiger partial charge in [0.1, 0.15) is 5.76 Å². The number of aromatic nitrogens is 3. The van der Waals surface area contributed by atoms with Crippen LogP contribution in [0.4, 0.5) is 16.3 Å². The van der Waals surface area contributed by atoms with Crippen LogP contribution in [0.2, 0.25) is 0 Å². The molecule has 8 heteroatoms. The molecule has 2 aromatic heterocycles. The number of aryl methyl sites for hydroxylation is 1. The Hall–Kier alpha value is -2.35. The maximum atomic E-state index is 12.1. The maximum Gasteiger partial charge on any atom is 0.325 e. The largest absolute Gasteiger partial charge is 0.383 e. The third-order valence-corrected chi connectivity index (χ3v) is 3.47. The van der Waals surface area contributed by atoms with Gasteiger partial charge in [0.2, 0.25) is 0 Å². The number of hydrogen-bond acceptors (Lipinski definition) is 5. The van der Waals surface area contributed by atoms with Gasteiger partial charge in [-0.15, -0.1) is 0 Å². The van der Waals surface area contributed by atoms with Crippen molar-refractivity contribution in [3.8, 4) is 0 Å². The third kappa shape index (κ3) is 4.10. The van der Waals surface area contributed by atoms with Crippen molar-refractivity contribution in [2.45, 2.75) is 40.2 Å². The molecule has 2 N–H and O–H groups in total. The molecule has 126 valence electrons. The first-order chi connectivity index (χ1) is 10.9. The van der Waals surface area contributed by atoms with Crippen molar-refractivity contribution in [1.82, 2.24) is 14.9 Å². The second kappa shape index (κ2) is 7.28. The van der Waals surface area contributed by atoms with Crippen LogP contribution in [0.3, 0.4) is 0 Å². The summed E-state index contributed by atoms with van der Waals surface area (Å²) >= 11 is 0. The molecule has 0 radical (unpaired) electrons. The molecule has 0 fully saturated rings. The molecular weight excluding hydrogens is 298 g/mol. The molecule has 0 aromatic carbocycles. The van der Waals surface area contributed by atoms with E-state index in [1.54, 1.807) is 17.9 Å². The van der Waals surface area contributed by atoms with Crippen LogP contribution in [-0.2, 0) is 11.3 Å². The number of nitrogens with one attached hydrogen (secondary N) is 2. The minimum absolute atomic E-state index is 0.213. The molecule has 0 aliphatic heterocycles. The second-order valence-corrected chi connectivity index (χ2v) is 5.61. The smallest absolute Gasteiger partial charge is 0.325 e. The van der Waals surface area contributed by atoms with Gasteiger partial charge in [-0.1, -0.05) is 19.0 Å². The van der Waals surface area contributed by atoms with Crippen molar-refractivity contribution >= 4 is 17.5 Å². The zero-order chi connectivity index (χ0) is 17.0. The quantitative estimate of drug-likeness (QED) is 0.853. The number of ether oxygens (including phenoxy) is 1. The van der Waals surface area contributed by atoms with Crippen molar-refractivity contribution in [2.24, 2.45) is 0 Å². The Morgan fingerprint density at radius 2 is 2.13 bits per heavy atom. The molecule has 23 heavy (non-hydrogen) atoms. The number of amides is 2. The Kier molecular flexibility index (Phi) is 5.38. The van der Waals surface area contributed by atoms with E-state index in [1.165, 1.54) is 0 Å². The van der Waals surface area contributed by atoms with Gasteiger partial charge in [0.05, 0.1) is 30.2 Å². The molecule has 0 aliphatic carbocycles. The van der Waals surface area contributed by atoms with Gasteiger partial charge in [-0.3, -0.25) is 10.00 Å². The monoisotopic (exact) mass is 321 g/mol. The number of urea groups is 1. The molecule has 0 atom stereocenters. The van der Waals surface area contributed by atoms with E-state index in [0.717, 1.165) is 17.1 Å². The SMILES string of the molecule is COCCn1nc(C)c(NC(=O)Nc2cc(C(C)C)on2)c1C. The third-order valence-electron chi connectivity index (χ3n) is 3.47. The highest BCUT2D eigenvalue weighted by molar-refractivity contribution is 5.99. The van der Waals surface area contributed by atoms with E-state index >= 15 is 0 Å². The molecule has 0 aliphatic rings. The standard InChI is InChI=1S/C15H23N5O3/c1-9(2)12-8-13(19-23-12)16-15(21)17-14-10(3)18-20(11(14)4)6-7-22-5/h8-9H,6-7H2,1-5H3,(H2,16,17,19,21). The summed E-state index contributed by atoms with van der Waals surface area (Å²) in [5.74, 6) is 1.32. The number of methoxy groups -OCH3 is 1. The summed E-state index contributed by atoms with van der Waals surface area (Å²) in [7, 11) is 1.64. The fourth-order valence-electron chi connectivity index (χ4n) is 2.15. The van der Waals surface area contributed by atoms with Crippen molar-refractivity contribution in [3.05, 3.63) is 23.2 Å². The van der Waals surface area contributed by atoms with Crippen LogP contribution in [0.5, 0.6) is 0 Å². The van der Waals surface area contributed by atoms with Crippen molar-refractivity contribution < 1.29 is 14.1 Å². The first-order valence-electron chi connectivity index (χ1n) is 7.50. The number of carbonyl (C=O) groups is 1. The van der Waals surface area contributed by atoms with Gasteiger partial charge in [-0.2, -0.15) is 5.10 Å². The normalized spacial score (nSPS) is 11.0. The van der Waals surface area contributed by atoms with Gasteiger partial charge < -0.3 is 14.6 Å².